The van der Waals surface area contributed by atoms with Crippen molar-refractivity contribution >= 4 is 6.03 Å². The van der Waals surface area contributed by atoms with Crippen LogP contribution in [0.1, 0.15) is 19.3 Å². The molecule has 0 radical (unpaired) electrons. The fraction of sp³-hybridized carbons (Fsp3) is 0.875. The predicted octanol–water partition coefficient (Wildman–Crippen LogP) is 0.126. The molecule has 0 aliphatic carbocycles. The van der Waals surface area contributed by atoms with E-state index in [0.717, 1.165) is 32.4 Å². The Hall–Kier alpha value is -0.770. The van der Waals surface area contributed by atoms with Gasteiger partial charge in [-0.3, -0.25) is 0 Å². The number of carbonyl (C=O) groups is 1. The largest absolute Gasteiger partial charge is 0.351 e. The van der Waals surface area contributed by atoms with Crippen molar-refractivity contribution in [1.82, 2.24) is 4.90 Å². The minimum absolute atomic E-state index is 0.310. The standard InChI is InChI=1S/C8H17N3O/c9-5-7-3-1-2-4-11(6-7)8(10)12/h7H,1-6,9H2,(H2,10,12). The quantitative estimate of drug-likeness (QED) is 0.588. The lowest BCUT2D eigenvalue weighted by Gasteiger charge is -2.21. The first-order valence-electron chi connectivity index (χ1n) is 4.48. The van der Waals surface area contributed by atoms with Crippen LogP contribution in [0.25, 0.3) is 0 Å². The maximum Gasteiger partial charge on any atom is 0.314 e. The zero-order valence-corrected chi connectivity index (χ0v) is 7.33. The molecule has 1 aliphatic heterocycles. The molecule has 4 heteroatoms. The molecular weight excluding hydrogens is 154 g/mol. The number of urea groups is 1. The number of amides is 2. The lowest BCUT2D eigenvalue weighted by atomic mass is 10.0. The summed E-state index contributed by atoms with van der Waals surface area (Å²) >= 11 is 0. The average Bonchev–Trinajstić information content (AvgIpc) is 2.28. The first kappa shape index (κ1) is 9.32. The van der Waals surface area contributed by atoms with Crippen molar-refractivity contribution < 1.29 is 4.79 Å². The number of likely N-dealkylation sites (tertiary alicyclic amines) is 1. The maximum absolute atomic E-state index is 10.9. The van der Waals surface area contributed by atoms with Crippen LogP contribution in [0, 0.1) is 5.92 Å². The third kappa shape index (κ3) is 2.37. The van der Waals surface area contributed by atoms with Gasteiger partial charge in [0.15, 0.2) is 0 Å². The fourth-order valence-electron chi connectivity index (χ4n) is 1.62. The number of rotatable bonds is 1. The van der Waals surface area contributed by atoms with E-state index in [1.165, 1.54) is 0 Å². The minimum atomic E-state index is -0.310. The molecule has 0 saturated carbocycles. The molecule has 2 amide bonds. The zero-order chi connectivity index (χ0) is 8.97. The van der Waals surface area contributed by atoms with Gasteiger partial charge in [-0.1, -0.05) is 6.42 Å². The molecular formula is C8H17N3O. The molecule has 1 atom stereocenters. The average molecular weight is 171 g/mol. The Morgan fingerprint density at radius 3 is 2.83 bits per heavy atom. The number of carbonyl (C=O) groups excluding carboxylic acids is 1. The summed E-state index contributed by atoms with van der Waals surface area (Å²) in [5.41, 5.74) is 10.8. The number of nitrogens with two attached hydrogens (primary N) is 2. The molecule has 1 heterocycles. The van der Waals surface area contributed by atoms with Crippen LogP contribution in [-0.2, 0) is 0 Å². The topological polar surface area (TPSA) is 72.3 Å². The Balaban J connectivity index is 2.47. The van der Waals surface area contributed by atoms with E-state index in [1.807, 2.05) is 0 Å². The maximum atomic E-state index is 10.9. The van der Waals surface area contributed by atoms with Gasteiger partial charge in [-0.2, -0.15) is 0 Å². The third-order valence-electron chi connectivity index (χ3n) is 2.41. The van der Waals surface area contributed by atoms with Crippen molar-refractivity contribution in [2.75, 3.05) is 19.6 Å². The molecule has 70 valence electrons. The summed E-state index contributed by atoms with van der Waals surface area (Å²) in [6, 6.07) is -0.310. The van der Waals surface area contributed by atoms with Crippen molar-refractivity contribution in [3.8, 4) is 0 Å². The highest BCUT2D eigenvalue weighted by molar-refractivity contribution is 5.71. The van der Waals surface area contributed by atoms with Crippen LogP contribution < -0.4 is 11.5 Å². The molecule has 0 spiro atoms. The lowest BCUT2D eigenvalue weighted by molar-refractivity contribution is 0.202. The molecule has 0 aromatic rings. The van der Waals surface area contributed by atoms with E-state index in [9.17, 15) is 4.79 Å². The van der Waals surface area contributed by atoms with E-state index >= 15 is 0 Å². The van der Waals surface area contributed by atoms with E-state index in [0.29, 0.717) is 12.5 Å². The van der Waals surface area contributed by atoms with Gasteiger partial charge in [-0.15, -0.1) is 0 Å². The van der Waals surface area contributed by atoms with E-state index in [2.05, 4.69) is 0 Å². The second-order valence-electron chi connectivity index (χ2n) is 3.38. The van der Waals surface area contributed by atoms with Gasteiger partial charge in [-0.25, -0.2) is 4.79 Å². The molecule has 0 aromatic heterocycles. The molecule has 4 N–H and O–H groups in total. The van der Waals surface area contributed by atoms with E-state index < -0.39 is 0 Å². The van der Waals surface area contributed by atoms with Gasteiger partial charge in [0.2, 0.25) is 0 Å². The summed E-state index contributed by atoms with van der Waals surface area (Å²) in [6.45, 7) is 2.20. The number of primary amides is 1. The van der Waals surface area contributed by atoms with Gasteiger partial charge in [0.1, 0.15) is 0 Å². The number of hydrogen-bond acceptors (Lipinski definition) is 2. The molecule has 0 aromatic carbocycles. The SMILES string of the molecule is NCC1CCCCN(C(N)=O)C1. The van der Waals surface area contributed by atoms with Crippen molar-refractivity contribution in [2.24, 2.45) is 17.4 Å². The molecule has 0 bridgehead atoms. The zero-order valence-electron chi connectivity index (χ0n) is 7.33. The van der Waals surface area contributed by atoms with Gasteiger partial charge in [0, 0.05) is 13.1 Å². The molecule has 1 fully saturated rings. The Bertz CT molecular complexity index is 160. The first-order chi connectivity index (χ1) is 5.74. The Morgan fingerprint density at radius 2 is 2.25 bits per heavy atom. The van der Waals surface area contributed by atoms with Gasteiger partial charge in [0.05, 0.1) is 0 Å². The number of nitrogens with zero attached hydrogens (tertiary/aromatic N) is 1. The van der Waals surface area contributed by atoms with E-state index in [4.69, 9.17) is 11.5 Å². The molecule has 12 heavy (non-hydrogen) atoms. The van der Waals surface area contributed by atoms with Crippen LogP contribution in [0.2, 0.25) is 0 Å². The smallest absolute Gasteiger partial charge is 0.314 e. The van der Waals surface area contributed by atoms with E-state index in [-0.39, 0.29) is 6.03 Å². The summed E-state index contributed by atoms with van der Waals surface area (Å²) in [4.78, 5) is 12.6. The van der Waals surface area contributed by atoms with Crippen LogP contribution in [0.15, 0.2) is 0 Å². The Labute approximate surface area is 72.9 Å². The predicted molar refractivity (Wildman–Crippen MR) is 47.6 cm³/mol. The van der Waals surface area contributed by atoms with Crippen molar-refractivity contribution in [1.29, 1.82) is 0 Å². The van der Waals surface area contributed by atoms with Crippen molar-refractivity contribution in [3.05, 3.63) is 0 Å². The molecule has 4 nitrogen and oxygen atoms in total. The minimum Gasteiger partial charge on any atom is -0.351 e. The molecule has 1 rings (SSSR count). The first-order valence-corrected chi connectivity index (χ1v) is 4.48. The van der Waals surface area contributed by atoms with E-state index in [1.54, 1.807) is 4.90 Å². The highest BCUT2D eigenvalue weighted by Gasteiger charge is 2.18. The van der Waals surface area contributed by atoms with Crippen LogP contribution >= 0.6 is 0 Å². The monoisotopic (exact) mass is 171 g/mol. The molecule has 1 aliphatic rings. The van der Waals surface area contributed by atoms with Crippen LogP contribution in [0.4, 0.5) is 4.79 Å². The van der Waals surface area contributed by atoms with Gasteiger partial charge in [-0.05, 0) is 25.3 Å². The highest BCUT2D eigenvalue weighted by atomic mass is 16.2. The lowest BCUT2D eigenvalue weighted by Crippen LogP contribution is -2.39. The van der Waals surface area contributed by atoms with Crippen molar-refractivity contribution in [2.45, 2.75) is 19.3 Å². The summed E-state index contributed by atoms with van der Waals surface area (Å²) in [5, 5.41) is 0. The van der Waals surface area contributed by atoms with Crippen LogP contribution in [0.5, 0.6) is 0 Å². The van der Waals surface area contributed by atoms with Gasteiger partial charge in [0.25, 0.3) is 0 Å². The second kappa shape index (κ2) is 4.30. The molecule has 1 unspecified atom stereocenters. The van der Waals surface area contributed by atoms with Crippen LogP contribution in [-0.4, -0.2) is 30.6 Å². The summed E-state index contributed by atoms with van der Waals surface area (Å²) in [5.74, 6) is 0.444. The van der Waals surface area contributed by atoms with Gasteiger partial charge >= 0.3 is 6.03 Å². The molecule has 1 saturated heterocycles. The third-order valence-corrected chi connectivity index (χ3v) is 2.41. The normalized spacial score (nSPS) is 25.1. The summed E-state index contributed by atoms with van der Waals surface area (Å²) in [6.07, 6.45) is 3.34. The number of hydrogen-bond donors (Lipinski definition) is 2. The van der Waals surface area contributed by atoms with Gasteiger partial charge < -0.3 is 16.4 Å². The van der Waals surface area contributed by atoms with Crippen LogP contribution in [0.3, 0.4) is 0 Å². The van der Waals surface area contributed by atoms with Crippen molar-refractivity contribution in [3.63, 3.8) is 0 Å². The second-order valence-corrected chi connectivity index (χ2v) is 3.38. The fourth-order valence-corrected chi connectivity index (χ4v) is 1.62. The summed E-state index contributed by atoms with van der Waals surface area (Å²) in [7, 11) is 0. The Morgan fingerprint density at radius 1 is 1.50 bits per heavy atom. The summed E-state index contributed by atoms with van der Waals surface area (Å²) < 4.78 is 0. The highest BCUT2D eigenvalue weighted by Crippen LogP contribution is 2.14. The Kier molecular flexibility index (Phi) is 3.34.